The fraction of sp³-hybridized carbons (Fsp3) is 1.00. The number of nitrogens with zero attached hydrogens (tertiary/aromatic N) is 1. The van der Waals surface area contributed by atoms with Crippen molar-refractivity contribution >= 4 is 12.4 Å². The third-order valence-corrected chi connectivity index (χ3v) is 3.65. The highest BCUT2D eigenvalue weighted by Crippen LogP contribution is 2.22. The van der Waals surface area contributed by atoms with Gasteiger partial charge < -0.3 is 9.64 Å². The zero-order chi connectivity index (χ0) is 10.7. The highest BCUT2D eigenvalue weighted by Gasteiger charge is 2.29. The summed E-state index contributed by atoms with van der Waals surface area (Å²) in [6.45, 7) is 10.2. The predicted molar refractivity (Wildman–Crippen MR) is 69.0 cm³/mol. The van der Waals surface area contributed by atoms with Gasteiger partial charge in [-0.25, -0.2) is 0 Å². The summed E-state index contributed by atoms with van der Waals surface area (Å²) in [4.78, 5) is 2.54. The molecule has 96 valence electrons. The van der Waals surface area contributed by atoms with E-state index in [1.165, 1.54) is 32.5 Å². The Kier molecular flexibility index (Phi) is 6.05. The molecule has 16 heavy (non-hydrogen) atoms. The van der Waals surface area contributed by atoms with E-state index in [9.17, 15) is 0 Å². The summed E-state index contributed by atoms with van der Waals surface area (Å²) in [5, 5.41) is 3.53. The maximum atomic E-state index is 5.88. The van der Waals surface area contributed by atoms with E-state index in [1.807, 2.05) is 0 Å². The van der Waals surface area contributed by atoms with Crippen LogP contribution < -0.4 is 5.32 Å². The number of hydrogen-bond donors (Lipinski definition) is 1. The van der Waals surface area contributed by atoms with Crippen LogP contribution in [0.2, 0.25) is 0 Å². The highest BCUT2D eigenvalue weighted by molar-refractivity contribution is 5.85. The molecule has 0 radical (unpaired) electrons. The van der Waals surface area contributed by atoms with Gasteiger partial charge in [0.25, 0.3) is 0 Å². The van der Waals surface area contributed by atoms with Gasteiger partial charge in [0.1, 0.15) is 6.23 Å². The topological polar surface area (TPSA) is 24.5 Å². The quantitative estimate of drug-likeness (QED) is 0.806. The zero-order valence-electron chi connectivity index (χ0n) is 10.4. The number of ether oxygens (including phenoxy) is 1. The molecule has 0 aliphatic carbocycles. The highest BCUT2D eigenvalue weighted by atomic mass is 35.5. The number of hydrogen-bond acceptors (Lipinski definition) is 3. The van der Waals surface area contributed by atoms with E-state index in [0.717, 1.165) is 13.2 Å². The van der Waals surface area contributed by atoms with Gasteiger partial charge in [0.15, 0.2) is 0 Å². The fourth-order valence-corrected chi connectivity index (χ4v) is 2.63. The van der Waals surface area contributed by atoms with Crippen molar-refractivity contribution in [3.05, 3.63) is 0 Å². The van der Waals surface area contributed by atoms with E-state index >= 15 is 0 Å². The van der Waals surface area contributed by atoms with E-state index in [0.29, 0.717) is 18.1 Å². The van der Waals surface area contributed by atoms with Gasteiger partial charge in [-0.3, -0.25) is 5.32 Å². The van der Waals surface area contributed by atoms with Crippen molar-refractivity contribution in [1.82, 2.24) is 10.2 Å². The second-order valence-electron chi connectivity index (χ2n) is 5.06. The van der Waals surface area contributed by atoms with Gasteiger partial charge in [0.2, 0.25) is 0 Å². The second kappa shape index (κ2) is 6.80. The van der Waals surface area contributed by atoms with Gasteiger partial charge in [-0.15, -0.1) is 12.4 Å². The van der Waals surface area contributed by atoms with Crippen molar-refractivity contribution < 1.29 is 4.74 Å². The van der Waals surface area contributed by atoms with Gasteiger partial charge in [0, 0.05) is 19.0 Å². The van der Waals surface area contributed by atoms with Crippen LogP contribution in [0.3, 0.4) is 0 Å². The van der Waals surface area contributed by atoms with Crippen LogP contribution in [0.4, 0.5) is 0 Å². The summed E-state index contributed by atoms with van der Waals surface area (Å²) in [6.07, 6.45) is 2.97. The Labute approximate surface area is 105 Å². The molecule has 0 amide bonds. The summed E-state index contributed by atoms with van der Waals surface area (Å²) in [7, 11) is 0. The van der Waals surface area contributed by atoms with Gasteiger partial charge in [-0.05, 0) is 31.8 Å². The Hall–Kier alpha value is 0.170. The first-order valence-corrected chi connectivity index (χ1v) is 6.37. The van der Waals surface area contributed by atoms with Crippen LogP contribution in [0, 0.1) is 11.8 Å². The monoisotopic (exact) mass is 248 g/mol. The Bertz CT molecular complexity index is 195. The molecule has 2 aliphatic heterocycles. The third-order valence-electron chi connectivity index (χ3n) is 3.65. The molecule has 1 N–H and O–H groups in total. The van der Waals surface area contributed by atoms with Crippen LogP contribution in [0.15, 0.2) is 0 Å². The molecule has 2 heterocycles. The summed E-state index contributed by atoms with van der Waals surface area (Å²) >= 11 is 0. The molecule has 2 saturated heterocycles. The molecule has 2 rings (SSSR count). The number of nitrogens with one attached hydrogen (secondary N) is 1. The molecule has 3 atom stereocenters. The van der Waals surface area contributed by atoms with Gasteiger partial charge in [0.05, 0.1) is 6.61 Å². The first-order valence-electron chi connectivity index (χ1n) is 6.37. The first-order chi connectivity index (χ1) is 7.29. The molecule has 0 bridgehead atoms. The molecular weight excluding hydrogens is 224 g/mol. The fourth-order valence-electron chi connectivity index (χ4n) is 2.63. The number of piperidine rings is 1. The minimum Gasteiger partial charge on any atom is -0.363 e. The summed E-state index contributed by atoms with van der Waals surface area (Å²) in [5.41, 5.74) is 0. The Morgan fingerprint density at radius 2 is 2.25 bits per heavy atom. The van der Waals surface area contributed by atoms with E-state index in [2.05, 4.69) is 24.1 Å². The molecule has 4 heteroatoms. The summed E-state index contributed by atoms with van der Waals surface area (Å²) < 4.78 is 5.88. The molecule has 0 aromatic carbocycles. The minimum atomic E-state index is 0. The number of halogens is 1. The van der Waals surface area contributed by atoms with Gasteiger partial charge in [-0.2, -0.15) is 0 Å². The largest absolute Gasteiger partial charge is 0.363 e. The van der Waals surface area contributed by atoms with Gasteiger partial charge >= 0.3 is 0 Å². The van der Waals surface area contributed by atoms with E-state index in [1.54, 1.807) is 0 Å². The van der Waals surface area contributed by atoms with Crippen molar-refractivity contribution in [2.75, 3.05) is 32.8 Å². The summed E-state index contributed by atoms with van der Waals surface area (Å²) in [5.74, 6) is 1.37. The molecule has 0 aromatic heterocycles. The van der Waals surface area contributed by atoms with Crippen LogP contribution in [0.5, 0.6) is 0 Å². The molecule has 3 unspecified atom stereocenters. The lowest BCUT2D eigenvalue weighted by atomic mass is 9.95. The lowest BCUT2D eigenvalue weighted by Gasteiger charge is -2.39. The van der Waals surface area contributed by atoms with Crippen LogP contribution in [0.1, 0.15) is 26.7 Å². The molecule has 2 fully saturated rings. The average molecular weight is 249 g/mol. The molecule has 0 spiro atoms. The lowest BCUT2D eigenvalue weighted by molar-refractivity contribution is -0.0717. The molecule has 0 aromatic rings. The Morgan fingerprint density at radius 1 is 1.44 bits per heavy atom. The SMILES string of the molecule is CCN1CCCC(C2NCC(C)CO2)C1.Cl. The maximum Gasteiger partial charge on any atom is 0.112 e. The van der Waals surface area contributed by atoms with Crippen molar-refractivity contribution in [3.63, 3.8) is 0 Å². The normalized spacial score (nSPS) is 36.8. The van der Waals surface area contributed by atoms with Crippen LogP contribution in [0.25, 0.3) is 0 Å². The molecule has 0 saturated carbocycles. The maximum absolute atomic E-state index is 5.88. The smallest absolute Gasteiger partial charge is 0.112 e. The van der Waals surface area contributed by atoms with Gasteiger partial charge in [-0.1, -0.05) is 13.8 Å². The summed E-state index contributed by atoms with van der Waals surface area (Å²) in [6, 6.07) is 0. The average Bonchev–Trinajstić information content (AvgIpc) is 2.30. The molecule has 3 nitrogen and oxygen atoms in total. The van der Waals surface area contributed by atoms with Crippen LogP contribution in [-0.4, -0.2) is 43.9 Å². The number of likely N-dealkylation sites (tertiary alicyclic amines) is 1. The minimum absolute atomic E-state index is 0. The Balaban J connectivity index is 0.00000128. The Morgan fingerprint density at radius 3 is 2.88 bits per heavy atom. The van der Waals surface area contributed by atoms with Crippen molar-refractivity contribution in [2.24, 2.45) is 11.8 Å². The van der Waals surface area contributed by atoms with E-state index in [-0.39, 0.29) is 12.4 Å². The van der Waals surface area contributed by atoms with E-state index < -0.39 is 0 Å². The third kappa shape index (κ3) is 3.59. The van der Waals surface area contributed by atoms with Crippen LogP contribution >= 0.6 is 12.4 Å². The predicted octanol–water partition coefficient (Wildman–Crippen LogP) is 1.72. The second-order valence-corrected chi connectivity index (χ2v) is 5.06. The van der Waals surface area contributed by atoms with E-state index in [4.69, 9.17) is 4.74 Å². The zero-order valence-corrected chi connectivity index (χ0v) is 11.3. The van der Waals surface area contributed by atoms with Crippen LogP contribution in [-0.2, 0) is 4.74 Å². The van der Waals surface area contributed by atoms with Crippen molar-refractivity contribution in [2.45, 2.75) is 32.9 Å². The number of rotatable bonds is 2. The lowest BCUT2D eigenvalue weighted by Crippen LogP contribution is -2.51. The molecule has 2 aliphatic rings. The van der Waals surface area contributed by atoms with Crippen molar-refractivity contribution in [1.29, 1.82) is 0 Å². The van der Waals surface area contributed by atoms with Crippen molar-refractivity contribution in [3.8, 4) is 0 Å². The first kappa shape index (κ1) is 14.2. The standard InChI is InChI=1S/C12H24N2O.ClH/c1-3-14-6-4-5-11(8-14)12-13-7-10(2)9-15-12;/h10-13H,3-9H2,1-2H3;1H. The molecular formula is C12H25ClN2O.